The monoisotopic (exact) mass is 249 g/mol. The zero-order valence-corrected chi connectivity index (χ0v) is 11.5. The summed E-state index contributed by atoms with van der Waals surface area (Å²) >= 11 is 0. The molecule has 100 valence electrons. The Morgan fingerprint density at radius 3 is 2.83 bits per heavy atom. The van der Waals surface area contributed by atoms with Crippen molar-refractivity contribution in [3.8, 4) is 0 Å². The number of benzene rings is 1. The molecule has 2 rings (SSSR count). The van der Waals surface area contributed by atoms with Crippen LogP contribution in [0.5, 0.6) is 0 Å². The summed E-state index contributed by atoms with van der Waals surface area (Å²) in [5, 5.41) is 9.23. The summed E-state index contributed by atoms with van der Waals surface area (Å²) in [6, 6.07) is 6.77. The minimum absolute atomic E-state index is 0.114. The maximum absolute atomic E-state index is 9.23. The van der Waals surface area contributed by atoms with Gasteiger partial charge in [0.25, 0.3) is 0 Å². The second-order valence-corrected chi connectivity index (χ2v) is 5.13. The second kappa shape index (κ2) is 5.72. The van der Waals surface area contributed by atoms with Gasteiger partial charge in [-0.05, 0) is 43.5 Å². The van der Waals surface area contributed by atoms with E-state index in [2.05, 4.69) is 37.8 Å². The highest BCUT2D eigenvalue weighted by molar-refractivity contribution is 5.52. The fraction of sp³-hybridized carbons (Fsp3) is 0.600. The van der Waals surface area contributed by atoms with E-state index in [1.54, 1.807) is 0 Å². The standard InChI is InChI=1S/C15H23NO2/c1-4-14-10-18-12(3)8-16(14)15-6-5-13(9-17)11(2)7-15/h5-7,12,14,17H,4,8-10H2,1-3H3. The van der Waals surface area contributed by atoms with Gasteiger partial charge < -0.3 is 14.7 Å². The van der Waals surface area contributed by atoms with Crippen LogP contribution in [0.4, 0.5) is 5.69 Å². The van der Waals surface area contributed by atoms with Crippen molar-refractivity contribution in [2.45, 2.75) is 45.9 Å². The Morgan fingerprint density at radius 1 is 1.44 bits per heavy atom. The van der Waals surface area contributed by atoms with E-state index in [4.69, 9.17) is 4.74 Å². The normalized spacial score (nSPS) is 24.3. The summed E-state index contributed by atoms with van der Waals surface area (Å²) in [6.45, 7) is 8.23. The van der Waals surface area contributed by atoms with Crippen molar-refractivity contribution in [1.29, 1.82) is 0 Å². The molecule has 1 N–H and O–H groups in total. The molecule has 1 heterocycles. The number of aliphatic hydroxyl groups is 1. The third kappa shape index (κ3) is 2.68. The van der Waals surface area contributed by atoms with Gasteiger partial charge in [-0.2, -0.15) is 0 Å². The molecule has 0 amide bonds. The van der Waals surface area contributed by atoms with Crippen molar-refractivity contribution in [3.05, 3.63) is 29.3 Å². The fourth-order valence-corrected chi connectivity index (χ4v) is 2.53. The molecule has 1 aromatic carbocycles. The molecular formula is C15H23NO2. The molecule has 3 heteroatoms. The van der Waals surface area contributed by atoms with E-state index in [0.717, 1.165) is 30.7 Å². The summed E-state index contributed by atoms with van der Waals surface area (Å²) in [5.74, 6) is 0. The summed E-state index contributed by atoms with van der Waals surface area (Å²) in [7, 11) is 0. The van der Waals surface area contributed by atoms with Gasteiger partial charge in [-0.15, -0.1) is 0 Å². The third-order valence-electron chi connectivity index (χ3n) is 3.77. The average Bonchev–Trinajstić information content (AvgIpc) is 2.38. The van der Waals surface area contributed by atoms with Crippen LogP contribution < -0.4 is 4.90 Å². The van der Waals surface area contributed by atoms with E-state index in [-0.39, 0.29) is 12.7 Å². The number of hydrogen-bond acceptors (Lipinski definition) is 3. The van der Waals surface area contributed by atoms with Crippen LogP contribution in [-0.2, 0) is 11.3 Å². The molecule has 0 saturated carbocycles. The molecule has 2 unspecified atom stereocenters. The van der Waals surface area contributed by atoms with Crippen LogP contribution in [-0.4, -0.2) is 30.4 Å². The SMILES string of the molecule is CCC1COC(C)CN1c1ccc(CO)c(C)c1. The molecule has 1 saturated heterocycles. The number of ether oxygens (including phenoxy) is 1. The van der Waals surface area contributed by atoms with E-state index < -0.39 is 0 Å². The third-order valence-corrected chi connectivity index (χ3v) is 3.77. The first-order valence-electron chi connectivity index (χ1n) is 6.74. The lowest BCUT2D eigenvalue weighted by molar-refractivity contribution is 0.0299. The Labute approximate surface area is 109 Å². The fourth-order valence-electron chi connectivity index (χ4n) is 2.53. The lowest BCUT2D eigenvalue weighted by atomic mass is 10.0. The van der Waals surface area contributed by atoms with Gasteiger partial charge in [0.05, 0.1) is 25.4 Å². The van der Waals surface area contributed by atoms with Crippen LogP contribution in [0.3, 0.4) is 0 Å². The molecule has 0 spiro atoms. The molecule has 18 heavy (non-hydrogen) atoms. The zero-order chi connectivity index (χ0) is 13.1. The molecule has 1 fully saturated rings. The first kappa shape index (κ1) is 13.4. The summed E-state index contributed by atoms with van der Waals surface area (Å²) in [6.07, 6.45) is 1.37. The first-order chi connectivity index (χ1) is 8.65. The second-order valence-electron chi connectivity index (χ2n) is 5.13. The largest absolute Gasteiger partial charge is 0.392 e. The molecule has 2 atom stereocenters. The highest BCUT2D eigenvalue weighted by atomic mass is 16.5. The minimum Gasteiger partial charge on any atom is -0.392 e. The Hall–Kier alpha value is -1.06. The maximum Gasteiger partial charge on any atom is 0.0723 e. The Morgan fingerprint density at radius 2 is 2.22 bits per heavy atom. The minimum atomic E-state index is 0.114. The van der Waals surface area contributed by atoms with Crippen LogP contribution in [0.2, 0.25) is 0 Å². The lowest BCUT2D eigenvalue weighted by Crippen LogP contribution is -2.48. The highest BCUT2D eigenvalue weighted by Gasteiger charge is 2.25. The lowest BCUT2D eigenvalue weighted by Gasteiger charge is -2.40. The quantitative estimate of drug-likeness (QED) is 0.893. The molecule has 1 aliphatic rings. The van der Waals surface area contributed by atoms with E-state index in [9.17, 15) is 5.11 Å². The number of morpholine rings is 1. The predicted octanol–water partition coefficient (Wildman–Crippen LogP) is 2.49. The molecule has 0 aromatic heterocycles. The van der Waals surface area contributed by atoms with Crippen LogP contribution in [0, 0.1) is 6.92 Å². The number of rotatable bonds is 3. The topological polar surface area (TPSA) is 32.7 Å². The Balaban J connectivity index is 2.25. The van der Waals surface area contributed by atoms with Crippen molar-refractivity contribution in [2.75, 3.05) is 18.1 Å². The molecule has 1 aliphatic heterocycles. The molecule has 0 bridgehead atoms. The molecule has 0 radical (unpaired) electrons. The van der Waals surface area contributed by atoms with Crippen molar-refractivity contribution in [1.82, 2.24) is 0 Å². The van der Waals surface area contributed by atoms with Crippen LogP contribution in [0.15, 0.2) is 18.2 Å². The van der Waals surface area contributed by atoms with Crippen molar-refractivity contribution < 1.29 is 9.84 Å². The van der Waals surface area contributed by atoms with Gasteiger partial charge in [0.2, 0.25) is 0 Å². The molecule has 0 aliphatic carbocycles. The number of aliphatic hydroxyl groups excluding tert-OH is 1. The van der Waals surface area contributed by atoms with Gasteiger partial charge in [-0.25, -0.2) is 0 Å². The van der Waals surface area contributed by atoms with E-state index in [1.165, 1.54) is 5.69 Å². The van der Waals surface area contributed by atoms with Crippen molar-refractivity contribution in [2.24, 2.45) is 0 Å². The van der Waals surface area contributed by atoms with Gasteiger partial charge in [0, 0.05) is 12.2 Å². The maximum atomic E-state index is 9.23. The Kier molecular flexibility index (Phi) is 4.25. The van der Waals surface area contributed by atoms with Gasteiger partial charge in [0.15, 0.2) is 0 Å². The first-order valence-corrected chi connectivity index (χ1v) is 6.74. The smallest absolute Gasteiger partial charge is 0.0723 e. The summed E-state index contributed by atoms with van der Waals surface area (Å²) in [4.78, 5) is 2.43. The number of nitrogens with zero attached hydrogens (tertiary/aromatic N) is 1. The summed E-state index contributed by atoms with van der Waals surface area (Å²) < 4.78 is 5.73. The van der Waals surface area contributed by atoms with Crippen molar-refractivity contribution >= 4 is 5.69 Å². The van der Waals surface area contributed by atoms with E-state index in [0.29, 0.717) is 6.04 Å². The van der Waals surface area contributed by atoms with Crippen LogP contribution >= 0.6 is 0 Å². The number of anilines is 1. The van der Waals surface area contributed by atoms with E-state index in [1.807, 2.05) is 6.07 Å². The zero-order valence-electron chi connectivity index (χ0n) is 11.5. The predicted molar refractivity (Wildman–Crippen MR) is 73.9 cm³/mol. The van der Waals surface area contributed by atoms with Crippen LogP contribution in [0.25, 0.3) is 0 Å². The van der Waals surface area contributed by atoms with Crippen molar-refractivity contribution in [3.63, 3.8) is 0 Å². The summed E-state index contributed by atoms with van der Waals surface area (Å²) in [5.41, 5.74) is 3.41. The van der Waals surface area contributed by atoms with Gasteiger partial charge >= 0.3 is 0 Å². The van der Waals surface area contributed by atoms with Gasteiger partial charge in [-0.3, -0.25) is 0 Å². The Bertz CT molecular complexity index is 405. The number of aryl methyl sites for hydroxylation is 1. The average molecular weight is 249 g/mol. The number of hydrogen-bond donors (Lipinski definition) is 1. The molecule has 3 nitrogen and oxygen atoms in total. The molecule has 1 aromatic rings. The van der Waals surface area contributed by atoms with Gasteiger partial charge in [0.1, 0.15) is 0 Å². The van der Waals surface area contributed by atoms with Gasteiger partial charge in [-0.1, -0.05) is 13.0 Å². The van der Waals surface area contributed by atoms with Crippen LogP contribution in [0.1, 0.15) is 31.4 Å². The van der Waals surface area contributed by atoms with E-state index >= 15 is 0 Å². The highest BCUT2D eigenvalue weighted by Crippen LogP contribution is 2.25. The molecular weight excluding hydrogens is 226 g/mol.